The molecule has 5 heteroatoms. The van der Waals surface area contributed by atoms with Crippen LogP contribution >= 0.6 is 0 Å². The fraction of sp³-hybridized carbons (Fsp3) is 0.286. The molecule has 0 saturated carbocycles. The Kier molecular flexibility index (Phi) is 6.02. The van der Waals surface area contributed by atoms with Crippen LogP contribution in [0.5, 0.6) is 0 Å². The number of fused-ring (bicyclic) bond motifs is 1. The summed E-state index contributed by atoms with van der Waals surface area (Å²) < 4.78 is 33.4. The van der Waals surface area contributed by atoms with Gasteiger partial charge in [0, 0.05) is 0 Å². The van der Waals surface area contributed by atoms with E-state index in [-0.39, 0.29) is 34.5 Å². The molecule has 0 spiro atoms. The second-order valence-corrected chi connectivity index (χ2v) is 5.72. The van der Waals surface area contributed by atoms with Gasteiger partial charge in [-0.2, -0.15) is 0 Å². The van der Waals surface area contributed by atoms with Crippen molar-refractivity contribution < 1.29 is 42.5 Å². The predicted octanol–water partition coefficient (Wildman–Crippen LogP) is 0.0905. The molecule has 0 aliphatic rings. The second-order valence-electron chi connectivity index (χ2n) is 4.37. The smallest absolute Gasteiger partial charge is 0.744 e. The molecule has 0 heterocycles. The van der Waals surface area contributed by atoms with Gasteiger partial charge in [-0.1, -0.05) is 43.7 Å². The number of unbranched alkanes of at least 4 members (excludes halogenated alkanes) is 1. The summed E-state index contributed by atoms with van der Waals surface area (Å²) >= 11 is 0. The Bertz CT molecular complexity index is 665. The van der Waals surface area contributed by atoms with E-state index in [2.05, 4.69) is 6.92 Å². The van der Waals surface area contributed by atoms with Gasteiger partial charge < -0.3 is 4.55 Å². The number of hydrogen-bond donors (Lipinski definition) is 0. The Labute approximate surface area is 136 Å². The average molecular weight is 286 g/mol. The second kappa shape index (κ2) is 6.86. The first-order valence-electron chi connectivity index (χ1n) is 6.00. The SMILES string of the molecule is CCCCc1ccc2c(S(=O)(=O)[O-])cccc2c1.[Na+]. The molecule has 19 heavy (non-hydrogen) atoms. The van der Waals surface area contributed by atoms with Crippen molar-refractivity contribution in [1.82, 2.24) is 0 Å². The van der Waals surface area contributed by atoms with Gasteiger partial charge in [-0.15, -0.1) is 0 Å². The molecule has 0 radical (unpaired) electrons. The van der Waals surface area contributed by atoms with Crippen LogP contribution in [0.25, 0.3) is 10.8 Å². The van der Waals surface area contributed by atoms with Crippen molar-refractivity contribution in [3.05, 3.63) is 42.0 Å². The quantitative estimate of drug-likeness (QED) is 0.591. The van der Waals surface area contributed by atoms with E-state index in [4.69, 9.17) is 0 Å². The third-order valence-corrected chi connectivity index (χ3v) is 3.89. The van der Waals surface area contributed by atoms with E-state index < -0.39 is 10.1 Å². The summed E-state index contributed by atoms with van der Waals surface area (Å²) in [6, 6.07) is 10.4. The molecule has 0 atom stereocenters. The fourth-order valence-corrected chi connectivity index (χ4v) is 2.76. The summed E-state index contributed by atoms with van der Waals surface area (Å²) in [6.07, 6.45) is 3.19. The first kappa shape index (κ1) is 16.7. The van der Waals surface area contributed by atoms with Crippen molar-refractivity contribution in [1.29, 1.82) is 0 Å². The fourth-order valence-electron chi connectivity index (χ4n) is 2.06. The van der Waals surface area contributed by atoms with Crippen LogP contribution in [0.15, 0.2) is 41.3 Å². The van der Waals surface area contributed by atoms with E-state index in [1.54, 1.807) is 12.1 Å². The van der Waals surface area contributed by atoms with Crippen LogP contribution in [0, 0.1) is 0 Å². The average Bonchev–Trinajstić information content (AvgIpc) is 2.34. The number of rotatable bonds is 4. The minimum absolute atomic E-state index is 0. The van der Waals surface area contributed by atoms with Crippen molar-refractivity contribution in [3.8, 4) is 0 Å². The van der Waals surface area contributed by atoms with E-state index in [9.17, 15) is 13.0 Å². The standard InChI is InChI=1S/C14H16O3S.Na/c1-2-3-5-11-8-9-13-12(10-11)6-4-7-14(13)18(15,16)17;/h4,6-10H,2-3,5H2,1H3,(H,15,16,17);/q;+1/p-1. The van der Waals surface area contributed by atoms with Gasteiger partial charge in [0.25, 0.3) is 0 Å². The van der Waals surface area contributed by atoms with Gasteiger partial charge >= 0.3 is 29.6 Å². The number of aryl methyl sites for hydroxylation is 1. The van der Waals surface area contributed by atoms with Gasteiger partial charge in [0.1, 0.15) is 10.1 Å². The van der Waals surface area contributed by atoms with Crippen molar-refractivity contribution in [2.75, 3.05) is 0 Å². The molecule has 0 N–H and O–H groups in total. The van der Waals surface area contributed by atoms with Gasteiger partial charge in [0.2, 0.25) is 0 Å². The number of benzene rings is 2. The van der Waals surface area contributed by atoms with Gasteiger partial charge in [-0.05, 0) is 35.2 Å². The van der Waals surface area contributed by atoms with Crippen LogP contribution in [-0.2, 0) is 16.5 Å². The van der Waals surface area contributed by atoms with Gasteiger partial charge in [-0.25, -0.2) is 8.42 Å². The maximum absolute atomic E-state index is 11.1. The van der Waals surface area contributed by atoms with E-state index in [1.807, 2.05) is 18.2 Å². The van der Waals surface area contributed by atoms with Crippen molar-refractivity contribution >= 4 is 20.9 Å². The van der Waals surface area contributed by atoms with E-state index in [1.165, 1.54) is 11.6 Å². The molecule has 3 nitrogen and oxygen atoms in total. The molecule has 0 aromatic heterocycles. The molecule has 0 saturated heterocycles. The van der Waals surface area contributed by atoms with Crippen LogP contribution in [0.1, 0.15) is 25.3 Å². The Morgan fingerprint density at radius 1 is 1.16 bits per heavy atom. The molecular formula is C14H15NaO3S. The molecule has 0 unspecified atom stereocenters. The maximum Gasteiger partial charge on any atom is 1.00 e. The first-order chi connectivity index (χ1) is 8.52. The summed E-state index contributed by atoms with van der Waals surface area (Å²) in [5, 5.41) is 1.31. The van der Waals surface area contributed by atoms with Crippen LogP contribution in [0.3, 0.4) is 0 Å². The van der Waals surface area contributed by atoms with E-state index in [0.29, 0.717) is 5.39 Å². The summed E-state index contributed by atoms with van der Waals surface area (Å²) in [6.45, 7) is 2.13. The van der Waals surface area contributed by atoms with E-state index >= 15 is 0 Å². The molecule has 2 rings (SSSR count). The van der Waals surface area contributed by atoms with Gasteiger partial charge in [-0.3, -0.25) is 0 Å². The first-order valence-corrected chi connectivity index (χ1v) is 7.41. The zero-order chi connectivity index (χ0) is 13.2. The molecule has 0 bridgehead atoms. The third kappa shape index (κ3) is 4.04. The Balaban J connectivity index is 0.00000180. The molecule has 0 aliphatic heterocycles. The predicted molar refractivity (Wildman–Crippen MR) is 70.5 cm³/mol. The summed E-state index contributed by atoms with van der Waals surface area (Å²) in [5.74, 6) is 0. The minimum atomic E-state index is -4.41. The molecule has 0 amide bonds. The van der Waals surface area contributed by atoms with Gasteiger partial charge in [0.15, 0.2) is 0 Å². The largest absolute Gasteiger partial charge is 1.00 e. The number of hydrogen-bond acceptors (Lipinski definition) is 3. The third-order valence-electron chi connectivity index (χ3n) is 2.99. The van der Waals surface area contributed by atoms with E-state index in [0.717, 1.165) is 24.6 Å². The minimum Gasteiger partial charge on any atom is -0.744 e. The summed E-state index contributed by atoms with van der Waals surface area (Å²) in [5.41, 5.74) is 1.17. The Morgan fingerprint density at radius 2 is 1.89 bits per heavy atom. The van der Waals surface area contributed by atoms with Crippen molar-refractivity contribution in [2.45, 2.75) is 31.1 Å². The monoisotopic (exact) mass is 286 g/mol. The van der Waals surface area contributed by atoms with Crippen molar-refractivity contribution in [2.24, 2.45) is 0 Å². The van der Waals surface area contributed by atoms with Crippen molar-refractivity contribution in [3.63, 3.8) is 0 Å². The zero-order valence-corrected chi connectivity index (χ0v) is 14.0. The molecule has 2 aromatic rings. The molecule has 2 aromatic carbocycles. The molecule has 96 valence electrons. The van der Waals surface area contributed by atoms with Gasteiger partial charge in [0.05, 0.1) is 4.90 Å². The van der Waals surface area contributed by atoms with Crippen LogP contribution in [0.2, 0.25) is 0 Å². The summed E-state index contributed by atoms with van der Waals surface area (Å²) in [4.78, 5) is -0.137. The maximum atomic E-state index is 11.1. The van der Waals surface area contributed by atoms with Crippen LogP contribution in [0.4, 0.5) is 0 Å². The molecular weight excluding hydrogens is 271 g/mol. The summed E-state index contributed by atoms with van der Waals surface area (Å²) in [7, 11) is -4.41. The normalized spacial score (nSPS) is 11.3. The zero-order valence-electron chi connectivity index (χ0n) is 11.2. The molecule has 0 fully saturated rings. The van der Waals surface area contributed by atoms with Crippen LogP contribution in [-0.4, -0.2) is 13.0 Å². The topological polar surface area (TPSA) is 57.2 Å². The Hall–Kier alpha value is -0.390. The van der Waals surface area contributed by atoms with Crippen LogP contribution < -0.4 is 29.6 Å². The molecule has 0 aliphatic carbocycles. The Morgan fingerprint density at radius 3 is 2.53 bits per heavy atom.